The van der Waals surface area contributed by atoms with Gasteiger partial charge in [0.05, 0.1) is 17.4 Å². The van der Waals surface area contributed by atoms with Crippen molar-refractivity contribution in [1.29, 1.82) is 0 Å². The topological polar surface area (TPSA) is 82.8 Å². The lowest BCUT2D eigenvalue weighted by Crippen LogP contribution is -2.49. The van der Waals surface area contributed by atoms with E-state index in [-0.39, 0.29) is 18.4 Å². The van der Waals surface area contributed by atoms with E-state index >= 15 is 0 Å². The van der Waals surface area contributed by atoms with E-state index in [4.69, 9.17) is 4.42 Å². The van der Waals surface area contributed by atoms with Crippen LogP contribution < -0.4 is 5.32 Å². The maximum absolute atomic E-state index is 12.0. The van der Waals surface area contributed by atoms with Crippen LogP contribution in [0.3, 0.4) is 0 Å². The van der Waals surface area contributed by atoms with Crippen molar-refractivity contribution < 1.29 is 19.1 Å². The normalized spacial score (nSPS) is 12.9. The number of nitrogens with zero attached hydrogens (tertiary/aromatic N) is 1. The first-order valence-electron chi connectivity index (χ1n) is 6.01. The standard InChI is InChI=1S/C13H20N2O4/c1-9(12(17)15(4)8-13(2,3)18)14-11(16)10-5-6-19-7-10/h5-7,9,18H,8H2,1-4H3,(H,14,16). The molecular formula is C13H20N2O4. The molecule has 6 nitrogen and oxygen atoms in total. The molecule has 1 unspecified atom stereocenters. The SMILES string of the molecule is CC(NC(=O)c1ccoc1)C(=O)N(C)CC(C)(C)O. The summed E-state index contributed by atoms with van der Waals surface area (Å²) in [6, 6.07) is 0.849. The quantitative estimate of drug-likeness (QED) is 0.820. The Labute approximate surface area is 112 Å². The summed E-state index contributed by atoms with van der Waals surface area (Å²) in [5.74, 6) is -0.634. The number of aliphatic hydroxyl groups is 1. The molecule has 1 heterocycles. The van der Waals surface area contributed by atoms with Crippen LogP contribution in [0, 0.1) is 0 Å². The van der Waals surface area contributed by atoms with Gasteiger partial charge in [0.15, 0.2) is 0 Å². The summed E-state index contributed by atoms with van der Waals surface area (Å²) in [7, 11) is 1.58. The molecule has 0 spiro atoms. The van der Waals surface area contributed by atoms with Gasteiger partial charge in [0, 0.05) is 13.6 Å². The number of hydrogen-bond acceptors (Lipinski definition) is 4. The Morgan fingerprint density at radius 1 is 1.53 bits per heavy atom. The zero-order chi connectivity index (χ0) is 14.6. The summed E-state index contributed by atoms with van der Waals surface area (Å²) < 4.78 is 4.80. The highest BCUT2D eigenvalue weighted by atomic mass is 16.3. The minimum Gasteiger partial charge on any atom is -0.472 e. The fraction of sp³-hybridized carbons (Fsp3) is 0.538. The van der Waals surface area contributed by atoms with Crippen LogP contribution >= 0.6 is 0 Å². The summed E-state index contributed by atoms with van der Waals surface area (Å²) in [5.41, 5.74) is -0.608. The van der Waals surface area contributed by atoms with Crippen LogP contribution in [-0.2, 0) is 4.79 Å². The maximum atomic E-state index is 12.0. The molecule has 0 aliphatic heterocycles. The van der Waals surface area contributed by atoms with Crippen LogP contribution in [-0.4, -0.2) is 47.1 Å². The van der Waals surface area contributed by atoms with Crippen molar-refractivity contribution >= 4 is 11.8 Å². The fourth-order valence-electron chi connectivity index (χ4n) is 1.72. The molecule has 0 aliphatic rings. The van der Waals surface area contributed by atoms with Crippen LogP contribution in [0.5, 0.6) is 0 Å². The Hall–Kier alpha value is -1.82. The molecule has 0 aliphatic carbocycles. The molecule has 1 rings (SSSR count). The first kappa shape index (κ1) is 15.2. The lowest BCUT2D eigenvalue weighted by molar-refractivity contribution is -0.134. The number of rotatable bonds is 5. The summed E-state index contributed by atoms with van der Waals surface area (Å²) in [5, 5.41) is 12.2. The molecule has 1 atom stereocenters. The Morgan fingerprint density at radius 3 is 2.63 bits per heavy atom. The number of nitrogens with one attached hydrogen (secondary N) is 1. The van der Waals surface area contributed by atoms with E-state index in [1.807, 2.05) is 0 Å². The zero-order valence-electron chi connectivity index (χ0n) is 11.6. The van der Waals surface area contributed by atoms with E-state index in [2.05, 4.69) is 5.32 Å². The average Bonchev–Trinajstić information content (AvgIpc) is 2.78. The van der Waals surface area contributed by atoms with Crippen LogP contribution in [0.1, 0.15) is 31.1 Å². The lowest BCUT2D eigenvalue weighted by Gasteiger charge is -2.27. The highest BCUT2D eigenvalue weighted by Gasteiger charge is 2.24. The Balaban J connectivity index is 2.55. The lowest BCUT2D eigenvalue weighted by atomic mass is 10.1. The van der Waals surface area contributed by atoms with E-state index in [1.54, 1.807) is 27.8 Å². The second-order valence-corrected chi connectivity index (χ2v) is 5.21. The number of likely N-dealkylation sites (N-methyl/N-ethyl adjacent to an activating group) is 1. The number of amides is 2. The second-order valence-electron chi connectivity index (χ2n) is 5.21. The molecular weight excluding hydrogens is 248 g/mol. The Bertz CT molecular complexity index is 434. The fourth-order valence-corrected chi connectivity index (χ4v) is 1.72. The minimum atomic E-state index is -0.974. The van der Waals surface area contributed by atoms with Gasteiger partial charge in [-0.05, 0) is 26.8 Å². The van der Waals surface area contributed by atoms with Gasteiger partial charge in [-0.15, -0.1) is 0 Å². The van der Waals surface area contributed by atoms with E-state index in [0.29, 0.717) is 5.56 Å². The first-order chi connectivity index (χ1) is 8.70. The minimum absolute atomic E-state index is 0.192. The molecule has 106 valence electrons. The van der Waals surface area contributed by atoms with Crippen molar-refractivity contribution in [3.63, 3.8) is 0 Å². The average molecular weight is 268 g/mol. The summed E-state index contributed by atoms with van der Waals surface area (Å²) in [6.45, 7) is 5.02. The third kappa shape index (κ3) is 4.75. The number of carbonyl (C=O) groups is 2. The van der Waals surface area contributed by atoms with E-state index in [9.17, 15) is 14.7 Å². The highest BCUT2D eigenvalue weighted by Crippen LogP contribution is 2.05. The molecule has 0 aromatic carbocycles. The summed E-state index contributed by atoms with van der Waals surface area (Å²) in [4.78, 5) is 25.1. The first-order valence-corrected chi connectivity index (χ1v) is 6.01. The van der Waals surface area contributed by atoms with Gasteiger partial charge in [-0.2, -0.15) is 0 Å². The number of hydrogen-bond donors (Lipinski definition) is 2. The Kier molecular flexibility index (Phi) is 4.72. The summed E-state index contributed by atoms with van der Waals surface area (Å²) >= 11 is 0. The highest BCUT2D eigenvalue weighted by molar-refractivity contribution is 5.97. The van der Waals surface area contributed by atoms with E-state index < -0.39 is 11.6 Å². The largest absolute Gasteiger partial charge is 0.472 e. The maximum Gasteiger partial charge on any atom is 0.255 e. The van der Waals surface area contributed by atoms with E-state index in [1.165, 1.54) is 23.5 Å². The predicted molar refractivity (Wildman–Crippen MR) is 69.6 cm³/mol. The van der Waals surface area contributed by atoms with Gasteiger partial charge in [0.1, 0.15) is 12.3 Å². The molecule has 0 radical (unpaired) electrons. The van der Waals surface area contributed by atoms with Crippen molar-refractivity contribution in [2.24, 2.45) is 0 Å². The smallest absolute Gasteiger partial charge is 0.255 e. The predicted octanol–water partition coefficient (Wildman–Crippen LogP) is 0.627. The molecule has 19 heavy (non-hydrogen) atoms. The third-order valence-electron chi connectivity index (χ3n) is 2.50. The molecule has 1 aromatic heterocycles. The van der Waals surface area contributed by atoms with Crippen molar-refractivity contribution in [3.8, 4) is 0 Å². The monoisotopic (exact) mass is 268 g/mol. The summed E-state index contributed by atoms with van der Waals surface area (Å²) in [6.07, 6.45) is 2.70. The van der Waals surface area contributed by atoms with Gasteiger partial charge in [0.2, 0.25) is 5.91 Å². The molecule has 2 N–H and O–H groups in total. The van der Waals surface area contributed by atoms with Crippen LogP contribution in [0.15, 0.2) is 23.0 Å². The van der Waals surface area contributed by atoms with Crippen molar-refractivity contribution in [2.45, 2.75) is 32.4 Å². The van der Waals surface area contributed by atoms with E-state index in [0.717, 1.165) is 0 Å². The second kappa shape index (κ2) is 5.88. The van der Waals surface area contributed by atoms with Crippen LogP contribution in [0.4, 0.5) is 0 Å². The molecule has 0 fully saturated rings. The van der Waals surface area contributed by atoms with Gasteiger partial charge in [-0.25, -0.2) is 0 Å². The van der Waals surface area contributed by atoms with Gasteiger partial charge in [-0.3, -0.25) is 9.59 Å². The van der Waals surface area contributed by atoms with Crippen molar-refractivity contribution in [2.75, 3.05) is 13.6 Å². The van der Waals surface area contributed by atoms with Crippen LogP contribution in [0.25, 0.3) is 0 Å². The van der Waals surface area contributed by atoms with Crippen molar-refractivity contribution in [1.82, 2.24) is 10.2 Å². The molecule has 1 aromatic rings. The third-order valence-corrected chi connectivity index (χ3v) is 2.50. The number of carbonyl (C=O) groups excluding carboxylic acids is 2. The number of furan rings is 1. The van der Waals surface area contributed by atoms with Gasteiger partial charge in [0.25, 0.3) is 5.91 Å². The van der Waals surface area contributed by atoms with Gasteiger partial charge < -0.3 is 19.7 Å². The van der Waals surface area contributed by atoms with Crippen molar-refractivity contribution in [3.05, 3.63) is 24.2 Å². The van der Waals surface area contributed by atoms with Gasteiger partial charge >= 0.3 is 0 Å². The molecule has 0 bridgehead atoms. The zero-order valence-corrected chi connectivity index (χ0v) is 11.6. The van der Waals surface area contributed by atoms with Crippen LogP contribution in [0.2, 0.25) is 0 Å². The molecule has 0 saturated carbocycles. The Morgan fingerprint density at radius 2 is 2.16 bits per heavy atom. The molecule has 6 heteroatoms. The van der Waals surface area contributed by atoms with Gasteiger partial charge in [-0.1, -0.05) is 0 Å². The molecule has 2 amide bonds. The molecule has 0 saturated heterocycles.